The van der Waals surface area contributed by atoms with Crippen LogP contribution in [0.1, 0.15) is 18.4 Å². The molecule has 1 amide bonds. The number of piperidine rings is 1. The average Bonchev–Trinajstić information content (AvgIpc) is 3.09. The van der Waals surface area contributed by atoms with E-state index < -0.39 is 0 Å². The number of nitrogens with one attached hydrogen (secondary N) is 1. The predicted molar refractivity (Wildman–Crippen MR) is 104 cm³/mol. The third kappa shape index (κ3) is 5.36. The Balaban J connectivity index is 1.53. The van der Waals surface area contributed by atoms with Gasteiger partial charge in [0, 0.05) is 18.8 Å². The van der Waals surface area contributed by atoms with Crippen molar-refractivity contribution in [1.29, 1.82) is 0 Å². The molecule has 138 valence electrons. The minimum Gasteiger partial charge on any atom is -0.300 e. The van der Waals surface area contributed by atoms with Gasteiger partial charge in [0.1, 0.15) is 5.82 Å². The number of thioether (sulfide) groups is 1. The zero-order valence-corrected chi connectivity index (χ0v) is 16.0. The molecular weight excluding hydrogens is 371 g/mol. The Bertz CT molecular complexity index is 750. The molecule has 8 heteroatoms. The molecule has 0 bridgehead atoms. The van der Waals surface area contributed by atoms with E-state index in [1.165, 1.54) is 23.5 Å². The fraction of sp³-hybridized carbons (Fsp3) is 0.389. The van der Waals surface area contributed by atoms with Gasteiger partial charge in [0.05, 0.1) is 5.92 Å². The average molecular weight is 393 g/mol. The van der Waals surface area contributed by atoms with Gasteiger partial charge in [-0.2, -0.15) is 0 Å². The molecule has 1 aromatic heterocycles. The van der Waals surface area contributed by atoms with Crippen LogP contribution in [0.2, 0.25) is 0 Å². The van der Waals surface area contributed by atoms with Crippen LogP contribution in [-0.4, -0.2) is 39.8 Å². The number of nitrogens with zero attached hydrogens (tertiary/aromatic N) is 3. The molecular formula is C18H21FN4OS2. The SMILES string of the molecule is C=CCSc1nnc(NC(=O)C2CCCN(Cc3ccc(F)cc3)C2)s1. The van der Waals surface area contributed by atoms with Gasteiger partial charge in [0.15, 0.2) is 4.34 Å². The van der Waals surface area contributed by atoms with E-state index in [9.17, 15) is 9.18 Å². The Morgan fingerprint density at radius 1 is 1.42 bits per heavy atom. The van der Waals surface area contributed by atoms with Crippen LogP contribution in [-0.2, 0) is 11.3 Å². The van der Waals surface area contributed by atoms with Crippen LogP contribution in [0.25, 0.3) is 0 Å². The minimum absolute atomic E-state index is 0.00905. The van der Waals surface area contributed by atoms with Crippen molar-refractivity contribution in [3.05, 3.63) is 48.3 Å². The van der Waals surface area contributed by atoms with E-state index in [-0.39, 0.29) is 17.6 Å². The second kappa shape index (κ2) is 9.25. The Labute approximate surface area is 160 Å². The lowest BCUT2D eigenvalue weighted by Gasteiger charge is -2.31. The van der Waals surface area contributed by atoms with Crippen LogP contribution in [0.3, 0.4) is 0 Å². The molecule has 0 aliphatic carbocycles. The summed E-state index contributed by atoms with van der Waals surface area (Å²) >= 11 is 2.93. The molecule has 0 spiro atoms. The highest BCUT2D eigenvalue weighted by molar-refractivity contribution is 8.01. The number of hydrogen-bond donors (Lipinski definition) is 1. The van der Waals surface area contributed by atoms with Gasteiger partial charge in [0.25, 0.3) is 0 Å². The zero-order valence-electron chi connectivity index (χ0n) is 14.4. The van der Waals surface area contributed by atoms with Crippen molar-refractivity contribution in [3.63, 3.8) is 0 Å². The van der Waals surface area contributed by atoms with Crippen molar-refractivity contribution < 1.29 is 9.18 Å². The van der Waals surface area contributed by atoms with E-state index in [1.807, 2.05) is 6.08 Å². The van der Waals surface area contributed by atoms with Gasteiger partial charge < -0.3 is 5.32 Å². The Morgan fingerprint density at radius 3 is 3.00 bits per heavy atom. The van der Waals surface area contributed by atoms with Crippen LogP contribution in [0.15, 0.2) is 41.3 Å². The molecule has 1 atom stereocenters. The van der Waals surface area contributed by atoms with Crippen molar-refractivity contribution in [1.82, 2.24) is 15.1 Å². The van der Waals surface area contributed by atoms with Gasteiger partial charge in [-0.3, -0.25) is 9.69 Å². The zero-order chi connectivity index (χ0) is 18.4. The van der Waals surface area contributed by atoms with Crippen LogP contribution < -0.4 is 5.32 Å². The van der Waals surface area contributed by atoms with Crippen LogP contribution in [0.5, 0.6) is 0 Å². The lowest BCUT2D eigenvalue weighted by molar-refractivity contribution is -0.121. The summed E-state index contributed by atoms with van der Waals surface area (Å²) in [6.45, 7) is 6.04. The molecule has 5 nitrogen and oxygen atoms in total. The molecule has 1 aliphatic heterocycles. The Morgan fingerprint density at radius 2 is 2.23 bits per heavy atom. The first kappa shape index (κ1) is 19.0. The third-order valence-corrected chi connectivity index (χ3v) is 6.12. The van der Waals surface area contributed by atoms with Gasteiger partial charge in [-0.1, -0.05) is 41.3 Å². The maximum atomic E-state index is 13.0. The number of amides is 1. The standard InChI is InChI=1S/C18H21FN4OS2/c1-2-10-25-18-22-21-17(26-18)20-16(24)14-4-3-9-23(12-14)11-13-5-7-15(19)8-6-13/h2,5-8,14H,1,3-4,9-12H2,(H,20,21,24). The molecule has 0 saturated carbocycles. The number of carbonyl (C=O) groups excluding carboxylic acids is 1. The summed E-state index contributed by atoms with van der Waals surface area (Å²) < 4.78 is 13.8. The minimum atomic E-state index is -0.229. The van der Waals surface area contributed by atoms with E-state index in [1.54, 1.807) is 23.9 Å². The fourth-order valence-corrected chi connectivity index (χ4v) is 4.43. The first-order chi connectivity index (χ1) is 12.6. The monoisotopic (exact) mass is 392 g/mol. The van der Waals surface area contributed by atoms with Crippen molar-refractivity contribution >= 4 is 34.1 Å². The second-order valence-electron chi connectivity index (χ2n) is 6.16. The number of anilines is 1. The van der Waals surface area contributed by atoms with Crippen LogP contribution in [0, 0.1) is 11.7 Å². The van der Waals surface area contributed by atoms with Crippen molar-refractivity contribution in [2.75, 3.05) is 24.2 Å². The normalized spacial score (nSPS) is 17.8. The van der Waals surface area contributed by atoms with Crippen molar-refractivity contribution in [2.24, 2.45) is 5.92 Å². The van der Waals surface area contributed by atoms with Gasteiger partial charge in [-0.25, -0.2) is 4.39 Å². The lowest BCUT2D eigenvalue weighted by Crippen LogP contribution is -2.40. The molecule has 1 aliphatic rings. The topological polar surface area (TPSA) is 58.1 Å². The van der Waals surface area contributed by atoms with Crippen molar-refractivity contribution in [3.8, 4) is 0 Å². The van der Waals surface area contributed by atoms with Gasteiger partial charge in [-0.05, 0) is 37.1 Å². The molecule has 1 aromatic carbocycles. The van der Waals surface area contributed by atoms with Crippen molar-refractivity contribution in [2.45, 2.75) is 23.7 Å². The highest BCUT2D eigenvalue weighted by Crippen LogP contribution is 2.26. The summed E-state index contributed by atoms with van der Waals surface area (Å²) in [5, 5.41) is 11.5. The van der Waals surface area contributed by atoms with E-state index in [0.29, 0.717) is 11.7 Å². The van der Waals surface area contributed by atoms with E-state index in [4.69, 9.17) is 0 Å². The maximum absolute atomic E-state index is 13.0. The molecule has 3 rings (SSSR count). The lowest BCUT2D eigenvalue weighted by atomic mass is 9.97. The molecule has 2 aromatic rings. The fourth-order valence-electron chi connectivity index (χ4n) is 2.92. The molecule has 1 fully saturated rings. The maximum Gasteiger partial charge on any atom is 0.230 e. The molecule has 26 heavy (non-hydrogen) atoms. The molecule has 1 N–H and O–H groups in total. The number of hydrogen-bond acceptors (Lipinski definition) is 6. The van der Waals surface area contributed by atoms with Crippen LogP contribution >= 0.6 is 23.1 Å². The third-order valence-electron chi connectivity index (χ3n) is 4.16. The summed E-state index contributed by atoms with van der Waals surface area (Å²) in [4.78, 5) is 14.8. The number of rotatable bonds is 7. The highest BCUT2D eigenvalue weighted by atomic mass is 32.2. The quantitative estimate of drug-likeness (QED) is 0.441. The van der Waals surface area contributed by atoms with E-state index >= 15 is 0 Å². The molecule has 1 saturated heterocycles. The summed E-state index contributed by atoms with van der Waals surface area (Å²) in [6, 6.07) is 6.53. The molecule has 0 radical (unpaired) electrons. The largest absolute Gasteiger partial charge is 0.300 e. The summed E-state index contributed by atoms with van der Waals surface area (Å²) in [6.07, 6.45) is 3.64. The van der Waals surface area contributed by atoms with Gasteiger partial charge >= 0.3 is 0 Å². The number of benzene rings is 1. The smallest absolute Gasteiger partial charge is 0.230 e. The van der Waals surface area contributed by atoms with E-state index in [2.05, 4.69) is 27.0 Å². The first-order valence-corrected chi connectivity index (χ1v) is 10.3. The predicted octanol–water partition coefficient (Wildman–Crippen LogP) is 3.81. The summed E-state index contributed by atoms with van der Waals surface area (Å²) in [5.74, 6) is 0.457. The number of likely N-dealkylation sites (tertiary alicyclic amines) is 1. The first-order valence-electron chi connectivity index (χ1n) is 8.49. The number of carbonyl (C=O) groups is 1. The van der Waals surface area contributed by atoms with Crippen LogP contribution in [0.4, 0.5) is 9.52 Å². The van der Waals surface area contributed by atoms with Gasteiger partial charge in [0.2, 0.25) is 11.0 Å². The van der Waals surface area contributed by atoms with E-state index in [0.717, 1.165) is 41.6 Å². The summed E-state index contributed by atoms with van der Waals surface area (Å²) in [7, 11) is 0. The Kier molecular flexibility index (Phi) is 6.76. The molecule has 2 heterocycles. The highest BCUT2D eigenvalue weighted by Gasteiger charge is 2.26. The summed E-state index contributed by atoms with van der Waals surface area (Å²) in [5.41, 5.74) is 1.06. The number of aromatic nitrogens is 2. The van der Waals surface area contributed by atoms with Gasteiger partial charge in [-0.15, -0.1) is 16.8 Å². The molecule has 1 unspecified atom stereocenters. The Hall–Kier alpha value is -1.77. The second-order valence-corrected chi connectivity index (χ2v) is 8.41. The number of halogens is 1.